The Morgan fingerprint density at radius 3 is 1.57 bits per heavy atom. The number of unbranched alkanes of at least 4 members (excludes halogenated alkanes) is 8. The number of hydrogen-bond donors (Lipinski definition) is 0. The molecular weight excluding hydrogens is 376 g/mol. The van der Waals surface area contributed by atoms with Crippen LogP contribution in [-0.2, 0) is 19.1 Å². The van der Waals surface area contributed by atoms with Crippen molar-refractivity contribution in [3.63, 3.8) is 0 Å². The van der Waals surface area contributed by atoms with Crippen molar-refractivity contribution in [2.75, 3.05) is 13.2 Å². The van der Waals surface area contributed by atoms with Crippen molar-refractivity contribution in [1.29, 1.82) is 0 Å². The zero-order valence-electron chi connectivity index (χ0n) is 20.3. The minimum Gasteiger partial charge on any atom is -0.466 e. The third kappa shape index (κ3) is 23.0. The van der Waals surface area contributed by atoms with Gasteiger partial charge in [-0.2, -0.15) is 0 Å². The van der Waals surface area contributed by atoms with Crippen LogP contribution in [0.2, 0.25) is 0 Å². The number of carbonyl (C=O) groups excluding carboxylic acids is 2. The van der Waals surface area contributed by atoms with E-state index in [2.05, 4.69) is 39.8 Å². The summed E-state index contributed by atoms with van der Waals surface area (Å²) in [5.74, 6) is 1.05. The minimum atomic E-state index is -0.0803. The van der Waals surface area contributed by atoms with Crippen molar-refractivity contribution in [3.8, 4) is 0 Å². The summed E-state index contributed by atoms with van der Waals surface area (Å²) < 4.78 is 10.4. The summed E-state index contributed by atoms with van der Waals surface area (Å²) in [6.45, 7) is 9.66. The Hall–Kier alpha value is -1.32. The number of hydrogen-bond acceptors (Lipinski definition) is 4. The van der Waals surface area contributed by atoms with Crippen LogP contribution in [0.1, 0.15) is 118 Å². The molecule has 0 N–H and O–H groups in total. The van der Waals surface area contributed by atoms with E-state index in [0.29, 0.717) is 37.9 Å². The van der Waals surface area contributed by atoms with Gasteiger partial charge in [0.2, 0.25) is 0 Å². The summed E-state index contributed by atoms with van der Waals surface area (Å²) >= 11 is 0. The number of esters is 2. The zero-order valence-corrected chi connectivity index (χ0v) is 20.3. The molecule has 0 heterocycles. The van der Waals surface area contributed by atoms with E-state index in [0.717, 1.165) is 38.5 Å². The van der Waals surface area contributed by atoms with Gasteiger partial charge in [0.15, 0.2) is 0 Å². The first-order chi connectivity index (χ1) is 14.4. The predicted molar refractivity (Wildman–Crippen MR) is 125 cm³/mol. The molecular formula is C26H48O4. The molecule has 0 rings (SSSR count). The second-order valence-electron chi connectivity index (χ2n) is 9.18. The number of rotatable bonds is 20. The molecule has 0 saturated carbocycles. The summed E-state index contributed by atoms with van der Waals surface area (Å²) in [5, 5.41) is 0. The molecule has 30 heavy (non-hydrogen) atoms. The molecule has 0 saturated heterocycles. The summed E-state index contributed by atoms with van der Waals surface area (Å²) in [5.41, 5.74) is 0. The molecule has 0 amide bonds. The Morgan fingerprint density at radius 1 is 0.600 bits per heavy atom. The normalized spacial score (nSPS) is 11.5. The molecule has 0 aromatic carbocycles. The third-order valence-corrected chi connectivity index (χ3v) is 5.10. The van der Waals surface area contributed by atoms with Crippen molar-refractivity contribution in [3.05, 3.63) is 12.2 Å². The topological polar surface area (TPSA) is 52.6 Å². The smallest absolute Gasteiger partial charge is 0.306 e. The Morgan fingerprint density at radius 2 is 1.03 bits per heavy atom. The van der Waals surface area contributed by atoms with E-state index in [1.807, 2.05) is 0 Å². The van der Waals surface area contributed by atoms with Gasteiger partial charge in [-0.3, -0.25) is 9.59 Å². The first-order valence-corrected chi connectivity index (χ1v) is 12.4. The van der Waals surface area contributed by atoms with Gasteiger partial charge < -0.3 is 9.47 Å². The first-order valence-electron chi connectivity index (χ1n) is 12.4. The Labute approximate surface area is 186 Å². The third-order valence-electron chi connectivity index (χ3n) is 5.10. The quantitative estimate of drug-likeness (QED) is 0.116. The van der Waals surface area contributed by atoms with Gasteiger partial charge >= 0.3 is 11.9 Å². The van der Waals surface area contributed by atoms with E-state index < -0.39 is 0 Å². The van der Waals surface area contributed by atoms with Crippen LogP contribution in [0.25, 0.3) is 0 Å². The standard InChI is InChI=1S/C26H48O4/c1-23(2)19-21-29-25(27)17-15-13-11-9-7-5-6-8-10-12-14-16-18-26(28)30-22-20-24(3)4/h11,13,23-24H,5-10,12,14-22H2,1-4H3/b13-11+. The molecule has 0 aromatic rings. The highest BCUT2D eigenvalue weighted by Crippen LogP contribution is 2.11. The lowest BCUT2D eigenvalue weighted by Crippen LogP contribution is -2.07. The van der Waals surface area contributed by atoms with Crippen molar-refractivity contribution in [2.24, 2.45) is 11.8 Å². The van der Waals surface area contributed by atoms with E-state index in [9.17, 15) is 9.59 Å². The van der Waals surface area contributed by atoms with E-state index in [-0.39, 0.29) is 11.9 Å². The van der Waals surface area contributed by atoms with Crippen LogP contribution in [0.4, 0.5) is 0 Å². The highest BCUT2D eigenvalue weighted by Gasteiger charge is 2.04. The second-order valence-corrected chi connectivity index (χ2v) is 9.18. The van der Waals surface area contributed by atoms with Crippen LogP contribution in [0.3, 0.4) is 0 Å². The molecule has 4 heteroatoms. The lowest BCUT2D eigenvalue weighted by Gasteiger charge is -2.06. The second kappa shape index (κ2) is 20.9. The highest BCUT2D eigenvalue weighted by molar-refractivity contribution is 5.69. The number of ether oxygens (including phenoxy) is 2. The summed E-state index contributed by atoms with van der Waals surface area (Å²) in [4.78, 5) is 23.1. The maximum Gasteiger partial charge on any atom is 0.306 e. The van der Waals surface area contributed by atoms with Gasteiger partial charge in [-0.1, -0.05) is 78.4 Å². The van der Waals surface area contributed by atoms with Crippen LogP contribution in [-0.4, -0.2) is 25.2 Å². The van der Waals surface area contributed by atoms with Crippen LogP contribution in [0.5, 0.6) is 0 Å². The molecule has 0 aliphatic rings. The van der Waals surface area contributed by atoms with Gasteiger partial charge in [0.25, 0.3) is 0 Å². The van der Waals surface area contributed by atoms with Crippen LogP contribution < -0.4 is 0 Å². The molecule has 4 nitrogen and oxygen atoms in total. The molecule has 0 radical (unpaired) electrons. The van der Waals surface area contributed by atoms with E-state index >= 15 is 0 Å². The molecule has 176 valence electrons. The Balaban J connectivity index is 3.30. The van der Waals surface area contributed by atoms with Gasteiger partial charge in [-0.05, 0) is 50.4 Å². The maximum absolute atomic E-state index is 11.6. The van der Waals surface area contributed by atoms with E-state index in [1.54, 1.807) is 0 Å². The van der Waals surface area contributed by atoms with Crippen LogP contribution in [0.15, 0.2) is 12.2 Å². The van der Waals surface area contributed by atoms with Gasteiger partial charge in [0.1, 0.15) is 0 Å². The average molecular weight is 425 g/mol. The van der Waals surface area contributed by atoms with Crippen molar-refractivity contribution < 1.29 is 19.1 Å². The number of carbonyl (C=O) groups is 2. The SMILES string of the molecule is CC(C)CCOC(=O)CC/C=C/CCCCCCCCCCC(=O)OCCC(C)C. The minimum absolute atomic E-state index is 0.0354. The number of allylic oxidation sites excluding steroid dienone is 2. The van der Waals surface area contributed by atoms with Crippen molar-refractivity contribution >= 4 is 11.9 Å². The molecule has 0 unspecified atom stereocenters. The fraction of sp³-hybridized carbons (Fsp3) is 0.846. The average Bonchev–Trinajstić information content (AvgIpc) is 2.67. The maximum atomic E-state index is 11.6. The van der Waals surface area contributed by atoms with Crippen LogP contribution >= 0.6 is 0 Å². The molecule has 0 bridgehead atoms. The Bertz CT molecular complexity index is 440. The summed E-state index contributed by atoms with van der Waals surface area (Å²) in [6.07, 6.45) is 18.8. The summed E-state index contributed by atoms with van der Waals surface area (Å²) in [6, 6.07) is 0. The van der Waals surface area contributed by atoms with Gasteiger partial charge in [-0.15, -0.1) is 0 Å². The lowest BCUT2D eigenvalue weighted by molar-refractivity contribution is -0.144. The monoisotopic (exact) mass is 424 g/mol. The van der Waals surface area contributed by atoms with Gasteiger partial charge in [-0.25, -0.2) is 0 Å². The van der Waals surface area contributed by atoms with Crippen LogP contribution in [0, 0.1) is 11.8 Å². The zero-order chi connectivity index (χ0) is 22.5. The lowest BCUT2D eigenvalue weighted by atomic mass is 10.1. The fourth-order valence-corrected chi connectivity index (χ4v) is 2.99. The predicted octanol–water partition coefficient (Wildman–Crippen LogP) is 7.40. The largest absolute Gasteiger partial charge is 0.466 e. The van der Waals surface area contributed by atoms with Gasteiger partial charge in [0, 0.05) is 12.8 Å². The van der Waals surface area contributed by atoms with E-state index in [4.69, 9.17) is 9.47 Å². The fourth-order valence-electron chi connectivity index (χ4n) is 2.99. The van der Waals surface area contributed by atoms with Crippen molar-refractivity contribution in [2.45, 2.75) is 118 Å². The van der Waals surface area contributed by atoms with E-state index in [1.165, 1.54) is 38.5 Å². The molecule has 0 spiro atoms. The Kier molecular flexibility index (Phi) is 20.0. The van der Waals surface area contributed by atoms with Crippen molar-refractivity contribution in [1.82, 2.24) is 0 Å². The molecule has 0 aliphatic heterocycles. The molecule has 0 fully saturated rings. The highest BCUT2D eigenvalue weighted by atomic mass is 16.5. The molecule has 0 aliphatic carbocycles. The molecule has 0 aromatic heterocycles. The first kappa shape index (κ1) is 28.7. The molecule has 0 atom stereocenters. The summed E-state index contributed by atoms with van der Waals surface area (Å²) in [7, 11) is 0. The van der Waals surface area contributed by atoms with Gasteiger partial charge in [0.05, 0.1) is 13.2 Å².